The van der Waals surface area contributed by atoms with Crippen LogP contribution in [0.15, 0.2) is 79.0 Å². The summed E-state index contributed by atoms with van der Waals surface area (Å²) in [5, 5.41) is 10.5. The maximum atomic E-state index is 11.4. The lowest BCUT2D eigenvalue weighted by molar-refractivity contribution is 0.0694. The van der Waals surface area contributed by atoms with Gasteiger partial charge in [-0.05, 0) is 52.8 Å². The first-order valence-corrected chi connectivity index (χ1v) is 11.1. The number of benzene rings is 3. The number of aromatic carboxylic acids is 1. The Morgan fingerprint density at radius 1 is 0.909 bits per heavy atom. The number of fused-ring (bicyclic) bond motifs is 1. The van der Waals surface area contributed by atoms with Gasteiger partial charge in [-0.25, -0.2) is 4.79 Å². The van der Waals surface area contributed by atoms with Crippen LogP contribution in [-0.2, 0) is 18.6 Å². The molecule has 4 aromatic rings. The van der Waals surface area contributed by atoms with E-state index in [2.05, 4.69) is 43.5 Å². The molecule has 0 saturated heterocycles. The molecule has 0 aliphatic carbocycles. The summed E-state index contributed by atoms with van der Waals surface area (Å²) in [6.45, 7) is 8.04. The summed E-state index contributed by atoms with van der Waals surface area (Å²) in [5.74, 6) is 0.605. The molecular formula is C28H29NO4. The summed E-state index contributed by atoms with van der Waals surface area (Å²) in [7, 11) is 0. The van der Waals surface area contributed by atoms with Crippen LogP contribution in [0.4, 0.5) is 0 Å². The van der Waals surface area contributed by atoms with E-state index in [1.165, 1.54) is 5.56 Å². The van der Waals surface area contributed by atoms with Gasteiger partial charge in [0.15, 0.2) is 0 Å². The van der Waals surface area contributed by atoms with Crippen molar-refractivity contribution < 1.29 is 19.4 Å². The first-order chi connectivity index (χ1) is 15.8. The molecule has 0 atom stereocenters. The number of carbonyl (C=O) groups is 1. The zero-order chi connectivity index (χ0) is 23.4. The number of nitrogens with zero attached hydrogens (tertiary/aromatic N) is 1. The fourth-order valence-electron chi connectivity index (χ4n) is 3.78. The summed E-state index contributed by atoms with van der Waals surface area (Å²) in [6.07, 6.45) is 2.04. The zero-order valence-corrected chi connectivity index (χ0v) is 19.2. The highest BCUT2D eigenvalue weighted by Crippen LogP contribution is 2.25. The zero-order valence-electron chi connectivity index (χ0n) is 19.2. The highest BCUT2D eigenvalue weighted by molar-refractivity contribution is 5.89. The molecule has 1 aromatic heterocycles. The molecule has 0 unspecified atom stereocenters. The predicted octanol–water partition coefficient (Wildman–Crippen LogP) is 6.30. The van der Waals surface area contributed by atoms with E-state index in [4.69, 9.17) is 9.47 Å². The number of hydrogen-bond donors (Lipinski definition) is 1. The average molecular weight is 444 g/mol. The molecule has 0 spiro atoms. The maximum Gasteiger partial charge on any atom is 0.336 e. The van der Waals surface area contributed by atoms with Crippen molar-refractivity contribution >= 4 is 16.9 Å². The van der Waals surface area contributed by atoms with E-state index >= 15 is 0 Å². The first kappa shape index (κ1) is 22.5. The second-order valence-corrected chi connectivity index (χ2v) is 9.10. The van der Waals surface area contributed by atoms with Crippen molar-refractivity contribution in [3.8, 4) is 11.5 Å². The quantitative estimate of drug-likeness (QED) is 0.347. The molecule has 0 bridgehead atoms. The first-order valence-electron chi connectivity index (χ1n) is 11.1. The van der Waals surface area contributed by atoms with E-state index in [9.17, 15) is 9.90 Å². The van der Waals surface area contributed by atoms with Crippen LogP contribution in [0.5, 0.6) is 11.5 Å². The van der Waals surface area contributed by atoms with Crippen molar-refractivity contribution in [1.82, 2.24) is 4.57 Å². The number of ether oxygens (including phenoxy) is 2. The summed E-state index contributed by atoms with van der Waals surface area (Å²) in [4.78, 5) is 11.4. The van der Waals surface area contributed by atoms with Gasteiger partial charge in [-0.2, -0.15) is 0 Å². The summed E-state index contributed by atoms with van der Waals surface area (Å²) < 4.78 is 14.0. The molecule has 0 aliphatic rings. The van der Waals surface area contributed by atoms with Gasteiger partial charge in [0.1, 0.15) is 24.7 Å². The molecule has 33 heavy (non-hydrogen) atoms. The van der Waals surface area contributed by atoms with Crippen LogP contribution >= 0.6 is 0 Å². The van der Waals surface area contributed by atoms with E-state index in [0.29, 0.717) is 24.5 Å². The molecule has 5 nitrogen and oxygen atoms in total. The molecule has 1 N–H and O–H groups in total. The molecule has 0 saturated carbocycles. The summed E-state index contributed by atoms with van der Waals surface area (Å²) in [6, 6.07) is 23.1. The van der Waals surface area contributed by atoms with Crippen molar-refractivity contribution in [1.29, 1.82) is 0 Å². The van der Waals surface area contributed by atoms with Crippen LogP contribution in [0.1, 0.15) is 42.3 Å². The second-order valence-electron chi connectivity index (χ2n) is 9.10. The third-order valence-electron chi connectivity index (χ3n) is 5.71. The molecule has 1 heterocycles. The monoisotopic (exact) mass is 443 g/mol. The van der Waals surface area contributed by atoms with Gasteiger partial charge >= 0.3 is 5.97 Å². The predicted molar refractivity (Wildman–Crippen MR) is 130 cm³/mol. The van der Waals surface area contributed by atoms with Crippen molar-refractivity contribution in [2.45, 2.75) is 39.3 Å². The van der Waals surface area contributed by atoms with Crippen LogP contribution in [0.25, 0.3) is 10.9 Å². The molecule has 4 rings (SSSR count). The lowest BCUT2D eigenvalue weighted by atomic mass is 9.87. The number of rotatable bonds is 8. The smallest absolute Gasteiger partial charge is 0.336 e. The molecule has 0 amide bonds. The Labute approximate surface area is 194 Å². The minimum Gasteiger partial charge on any atom is -0.492 e. The third kappa shape index (κ3) is 5.37. The Morgan fingerprint density at radius 2 is 1.64 bits per heavy atom. The SMILES string of the molecule is CC(C)(C)c1ccc(OCCn2ccc3ccc(OCc4ccccc4C(=O)O)cc32)cc1. The van der Waals surface area contributed by atoms with E-state index in [-0.39, 0.29) is 17.6 Å². The lowest BCUT2D eigenvalue weighted by Gasteiger charge is -2.19. The van der Waals surface area contributed by atoms with Crippen LogP contribution < -0.4 is 9.47 Å². The van der Waals surface area contributed by atoms with E-state index in [1.807, 2.05) is 42.6 Å². The van der Waals surface area contributed by atoms with Gasteiger partial charge in [0.05, 0.1) is 17.6 Å². The molecule has 0 aliphatic heterocycles. The molecule has 0 radical (unpaired) electrons. The molecule has 170 valence electrons. The van der Waals surface area contributed by atoms with Crippen LogP contribution in [0.3, 0.4) is 0 Å². The Morgan fingerprint density at radius 3 is 2.36 bits per heavy atom. The average Bonchev–Trinajstić information content (AvgIpc) is 3.20. The van der Waals surface area contributed by atoms with Gasteiger partial charge in [-0.3, -0.25) is 0 Å². The van der Waals surface area contributed by atoms with E-state index in [1.54, 1.807) is 18.2 Å². The number of hydrogen-bond acceptors (Lipinski definition) is 3. The van der Waals surface area contributed by atoms with Crippen molar-refractivity contribution in [3.63, 3.8) is 0 Å². The van der Waals surface area contributed by atoms with Gasteiger partial charge in [0.2, 0.25) is 0 Å². The Balaban J connectivity index is 1.40. The number of carboxylic acid groups (broad SMARTS) is 1. The van der Waals surface area contributed by atoms with Gasteiger partial charge in [0, 0.05) is 17.8 Å². The number of carboxylic acids is 1. The van der Waals surface area contributed by atoms with E-state index in [0.717, 1.165) is 16.7 Å². The fourth-order valence-corrected chi connectivity index (χ4v) is 3.78. The Kier molecular flexibility index (Phi) is 6.40. The lowest BCUT2D eigenvalue weighted by Crippen LogP contribution is -2.11. The second kappa shape index (κ2) is 9.41. The summed E-state index contributed by atoms with van der Waals surface area (Å²) in [5.41, 5.74) is 3.36. The van der Waals surface area contributed by atoms with E-state index < -0.39 is 5.97 Å². The fraction of sp³-hybridized carbons (Fsp3) is 0.250. The number of aromatic nitrogens is 1. The minimum absolute atomic E-state index is 0.123. The highest BCUT2D eigenvalue weighted by Gasteiger charge is 2.13. The summed E-state index contributed by atoms with van der Waals surface area (Å²) >= 11 is 0. The molecule has 5 heteroatoms. The van der Waals surface area contributed by atoms with Gasteiger partial charge in [-0.15, -0.1) is 0 Å². The largest absolute Gasteiger partial charge is 0.492 e. The minimum atomic E-state index is -0.952. The van der Waals surface area contributed by atoms with Crippen LogP contribution in [0, 0.1) is 0 Å². The van der Waals surface area contributed by atoms with Gasteiger partial charge in [-0.1, -0.05) is 51.1 Å². The van der Waals surface area contributed by atoms with Crippen LogP contribution in [0.2, 0.25) is 0 Å². The van der Waals surface area contributed by atoms with Gasteiger partial charge < -0.3 is 19.1 Å². The Bertz CT molecular complexity index is 1250. The van der Waals surface area contributed by atoms with Crippen molar-refractivity contribution in [3.05, 3.63) is 95.7 Å². The molecular weight excluding hydrogens is 414 g/mol. The van der Waals surface area contributed by atoms with Crippen molar-refractivity contribution in [2.75, 3.05) is 6.61 Å². The Hall–Kier alpha value is -3.73. The topological polar surface area (TPSA) is 60.7 Å². The highest BCUT2D eigenvalue weighted by atomic mass is 16.5. The molecule has 0 fully saturated rings. The van der Waals surface area contributed by atoms with Crippen molar-refractivity contribution in [2.24, 2.45) is 0 Å². The van der Waals surface area contributed by atoms with Crippen LogP contribution in [-0.4, -0.2) is 22.2 Å². The van der Waals surface area contributed by atoms with Gasteiger partial charge in [0.25, 0.3) is 0 Å². The standard InChI is InChI=1S/C28H29NO4/c1-28(2,3)22-9-12-23(13-10-22)32-17-16-29-15-14-20-8-11-24(18-26(20)29)33-19-21-6-4-5-7-25(21)27(30)31/h4-15,18H,16-17,19H2,1-3H3,(H,30,31). The third-order valence-corrected chi connectivity index (χ3v) is 5.71. The maximum absolute atomic E-state index is 11.4. The normalized spacial score (nSPS) is 11.5. The molecule has 3 aromatic carbocycles.